The summed E-state index contributed by atoms with van der Waals surface area (Å²) in [6.45, 7) is 0. The minimum atomic E-state index is -1.18. The summed E-state index contributed by atoms with van der Waals surface area (Å²) in [5.74, 6) is -0.607. The smallest absolute Gasteiger partial charge is 0.314 e. The van der Waals surface area contributed by atoms with Crippen molar-refractivity contribution < 1.29 is 9.59 Å². The zero-order chi connectivity index (χ0) is 20.0. The number of fused-ring (bicyclic) bond motifs is 3. The molecule has 1 fully saturated rings. The number of rotatable bonds is 3. The van der Waals surface area contributed by atoms with Gasteiger partial charge in [0.15, 0.2) is 0 Å². The second-order valence-electron chi connectivity index (χ2n) is 7.19. The number of hydrogen-bond donors (Lipinski definition) is 1. The van der Waals surface area contributed by atoms with Gasteiger partial charge in [-0.25, -0.2) is 4.79 Å². The van der Waals surface area contributed by atoms with E-state index in [0.29, 0.717) is 0 Å². The van der Waals surface area contributed by atoms with E-state index in [2.05, 4.69) is 29.6 Å². The lowest BCUT2D eigenvalue weighted by Crippen LogP contribution is -2.30. The van der Waals surface area contributed by atoms with Gasteiger partial charge in [-0.2, -0.15) is 0 Å². The van der Waals surface area contributed by atoms with Crippen molar-refractivity contribution in [2.24, 2.45) is 0 Å². The third-order valence-electron chi connectivity index (χ3n) is 5.70. The third kappa shape index (κ3) is 2.45. The maximum absolute atomic E-state index is 12.1. The van der Waals surface area contributed by atoms with Crippen molar-refractivity contribution in [3.63, 3.8) is 0 Å². The fourth-order valence-electron chi connectivity index (χ4n) is 4.42. The standard InChI is InChI=1S/C24H17N2O3/c27-22-21(26(29)23(28)25-22)14-15-24(16-8-2-1-3-9-16)19-12-6-4-10-17(19)18-11-5-7-13-20(18)24/h1-15,21H,(H,25,27,28)/q-1. The van der Waals surface area contributed by atoms with E-state index in [-0.39, 0.29) is 5.06 Å². The Bertz CT molecular complexity index is 1110. The average molecular weight is 381 g/mol. The van der Waals surface area contributed by atoms with Gasteiger partial charge in [-0.1, -0.05) is 91.0 Å². The van der Waals surface area contributed by atoms with Crippen LogP contribution in [-0.2, 0) is 10.2 Å². The topological polar surface area (TPSA) is 72.5 Å². The van der Waals surface area contributed by atoms with Gasteiger partial charge < -0.3 is 10.3 Å². The van der Waals surface area contributed by atoms with Gasteiger partial charge in [-0.05, 0) is 27.8 Å². The van der Waals surface area contributed by atoms with Gasteiger partial charge in [0.25, 0.3) is 5.91 Å². The summed E-state index contributed by atoms with van der Waals surface area (Å²) in [6.07, 6.45) is 3.43. The van der Waals surface area contributed by atoms with E-state index in [1.165, 1.54) is 0 Å². The van der Waals surface area contributed by atoms with Gasteiger partial charge in [-0.15, -0.1) is 0 Å². The normalized spacial score (nSPS) is 19.3. The van der Waals surface area contributed by atoms with Crippen LogP contribution in [0.2, 0.25) is 0 Å². The van der Waals surface area contributed by atoms with Crippen molar-refractivity contribution in [2.45, 2.75) is 11.5 Å². The first-order valence-electron chi connectivity index (χ1n) is 9.38. The highest BCUT2D eigenvalue weighted by Gasteiger charge is 2.43. The van der Waals surface area contributed by atoms with Crippen molar-refractivity contribution in [3.05, 3.63) is 113 Å². The van der Waals surface area contributed by atoms with Gasteiger partial charge in [0.05, 0.1) is 5.41 Å². The van der Waals surface area contributed by atoms with Crippen molar-refractivity contribution in [1.29, 1.82) is 0 Å². The van der Waals surface area contributed by atoms with Crippen LogP contribution in [0.4, 0.5) is 4.79 Å². The highest BCUT2D eigenvalue weighted by atomic mass is 16.5. The maximum Gasteiger partial charge on any atom is 0.314 e. The number of imide groups is 1. The molecular weight excluding hydrogens is 364 g/mol. The molecule has 0 saturated carbocycles. The molecule has 29 heavy (non-hydrogen) atoms. The van der Waals surface area contributed by atoms with Crippen molar-refractivity contribution in [1.82, 2.24) is 10.4 Å². The molecule has 0 spiro atoms. The summed E-state index contributed by atoms with van der Waals surface area (Å²) >= 11 is 0. The molecule has 5 heteroatoms. The van der Waals surface area contributed by atoms with Crippen LogP contribution in [0.3, 0.4) is 0 Å². The van der Waals surface area contributed by atoms with Gasteiger partial charge in [0.1, 0.15) is 6.04 Å². The molecule has 1 aliphatic carbocycles. The molecule has 0 bridgehead atoms. The second-order valence-corrected chi connectivity index (χ2v) is 7.19. The predicted octanol–water partition coefficient (Wildman–Crippen LogP) is 3.98. The Kier molecular flexibility index (Phi) is 3.86. The van der Waals surface area contributed by atoms with E-state index in [0.717, 1.165) is 27.8 Å². The molecule has 1 N–H and O–H groups in total. The van der Waals surface area contributed by atoms with Crippen LogP contribution in [0.5, 0.6) is 0 Å². The van der Waals surface area contributed by atoms with Gasteiger partial charge >= 0.3 is 6.03 Å². The quantitative estimate of drug-likeness (QED) is 0.551. The molecule has 1 saturated heterocycles. The van der Waals surface area contributed by atoms with Crippen molar-refractivity contribution in [3.8, 4) is 11.1 Å². The van der Waals surface area contributed by atoms with Gasteiger partial charge in [-0.3, -0.25) is 10.1 Å². The van der Waals surface area contributed by atoms with E-state index in [1.807, 2.05) is 60.7 Å². The monoisotopic (exact) mass is 381 g/mol. The van der Waals surface area contributed by atoms with Gasteiger partial charge in [0.2, 0.25) is 0 Å². The molecule has 0 radical (unpaired) electrons. The number of nitrogens with one attached hydrogen (secondary N) is 1. The summed E-state index contributed by atoms with van der Waals surface area (Å²) in [5, 5.41) is 14.3. The van der Waals surface area contributed by atoms with Crippen LogP contribution in [0, 0.1) is 5.21 Å². The molecule has 3 aromatic carbocycles. The number of hydroxylamine groups is 2. The Morgan fingerprint density at radius 2 is 1.38 bits per heavy atom. The predicted molar refractivity (Wildman–Crippen MR) is 110 cm³/mol. The number of nitrogens with zero attached hydrogens (tertiary/aromatic N) is 1. The van der Waals surface area contributed by atoms with Crippen LogP contribution in [-0.4, -0.2) is 23.0 Å². The highest BCUT2D eigenvalue weighted by molar-refractivity contribution is 6.05. The molecule has 5 rings (SSSR count). The summed E-state index contributed by atoms with van der Waals surface area (Å²) in [5.41, 5.74) is 4.74. The Morgan fingerprint density at radius 3 is 1.93 bits per heavy atom. The Labute approximate surface area is 167 Å². The number of carbonyl (C=O) groups excluding carboxylic acids is 2. The number of urea groups is 1. The zero-order valence-electron chi connectivity index (χ0n) is 15.4. The summed E-state index contributed by atoms with van der Waals surface area (Å²) in [4.78, 5) is 23.7. The summed E-state index contributed by atoms with van der Waals surface area (Å²) < 4.78 is 0. The molecule has 1 atom stereocenters. The fraction of sp³-hybridized carbons (Fsp3) is 0.0833. The zero-order valence-corrected chi connectivity index (χ0v) is 15.4. The van der Waals surface area contributed by atoms with E-state index in [4.69, 9.17) is 0 Å². The molecule has 0 aromatic heterocycles. The lowest BCUT2D eigenvalue weighted by atomic mass is 9.72. The van der Waals surface area contributed by atoms with Crippen LogP contribution >= 0.6 is 0 Å². The molecule has 3 aromatic rings. The molecule has 1 aliphatic heterocycles. The second kappa shape index (κ2) is 6.43. The molecule has 2 aliphatic rings. The van der Waals surface area contributed by atoms with Crippen LogP contribution in [0.25, 0.3) is 11.1 Å². The Hall–Kier alpha value is -3.70. The molecule has 142 valence electrons. The van der Waals surface area contributed by atoms with Gasteiger partial charge in [0, 0.05) is 0 Å². The average Bonchev–Trinajstić information content (AvgIpc) is 3.19. The number of carbonyl (C=O) groups is 2. The van der Waals surface area contributed by atoms with E-state index in [9.17, 15) is 14.8 Å². The number of allylic oxidation sites excluding steroid dienone is 1. The lowest BCUT2D eigenvalue weighted by molar-refractivity contribution is -0.120. The third-order valence-corrected chi connectivity index (χ3v) is 5.70. The number of benzene rings is 3. The van der Waals surface area contributed by atoms with Crippen molar-refractivity contribution >= 4 is 11.9 Å². The van der Waals surface area contributed by atoms with E-state index < -0.39 is 23.4 Å². The maximum atomic E-state index is 12.1. The molecule has 1 heterocycles. The largest absolute Gasteiger partial charge is 0.754 e. The minimum absolute atomic E-state index is 0.185. The minimum Gasteiger partial charge on any atom is -0.754 e. The first-order chi connectivity index (χ1) is 14.1. The highest BCUT2D eigenvalue weighted by Crippen LogP contribution is 2.53. The first-order valence-corrected chi connectivity index (χ1v) is 9.38. The molecular formula is C24H17N2O3-. The summed E-state index contributed by atoms with van der Waals surface area (Å²) in [7, 11) is 0. The summed E-state index contributed by atoms with van der Waals surface area (Å²) in [6, 6.07) is 24.2. The SMILES string of the molecule is O=C1NC(=O)N([O-])C1C=CC1(c2ccccc2)c2ccccc2-c2ccccc21. The molecule has 3 amide bonds. The van der Waals surface area contributed by atoms with Crippen LogP contribution in [0.15, 0.2) is 91.0 Å². The van der Waals surface area contributed by atoms with E-state index >= 15 is 0 Å². The molecule has 1 unspecified atom stereocenters. The molecule has 5 nitrogen and oxygen atoms in total. The Morgan fingerprint density at radius 1 is 0.828 bits per heavy atom. The number of hydrogen-bond acceptors (Lipinski definition) is 3. The van der Waals surface area contributed by atoms with Crippen LogP contribution < -0.4 is 5.32 Å². The Balaban J connectivity index is 1.77. The first kappa shape index (κ1) is 17.4. The lowest BCUT2D eigenvalue weighted by Gasteiger charge is -2.31. The fourth-order valence-corrected chi connectivity index (χ4v) is 4.42. The van der Waals surface area contributed by atoms with Crippen molar-refractivity contribution in [2.75, 3.05) is 0 Å². The number of amides is 3. The van der Waals surface area contributed by atoms with Crippen LogP contribution in [0.1, 0.15) is 16.7 Å². The van der Waals surface area contributed by atoms with E-state index in [1.54, 1.807) is 6.08 Å².